The first-order chi connectivity index (χ1) is 13.7. The Kier molecular flexibility index (Phi) is 5.16. The number of hydrogen-bond acceptors (Lipinski definition) is 5. The highest BCUT2D eigenvalue weighted by Gasteiger charge is 2.37. The zero-order valence-electron chi connectivity index (χ0n) is 15.7. The first-order valence-electron chi connectivity index (χ1n) is 9.26. The number of ether oxygens (including phenoxy) is 3. The van der Waals surface area contributed by atoms with Gasteiger partial charge in [-0.15, -0.1) is 0 Å². The molecule has 2 aromatic carbocycles. The molecule has 2 amide bonds. The lowest BCUT2D eigenvalue weighted by Crippen LogP contribution is -2.54. The zero-order valence-corrected chi connectivity index (χ0v) is 15.7. The number of morpholine rings is 1. The van der Waals surface area contributed by atoms with E-state index in [0.29, 0.717) is 49.1 Å². The Bertz CT molecular complexity index is 879. The van der Waals surface area contributed by atoms with Gasteiger partial charge >= 0.3 is 0 Å². The van der Waals surface area contributed by atoms with Crippen molar-refractivity contribution in [2.45, 2.75) is 6.10 Å². The van der Waals surface area contributed by atoms with Crippen molar-refractivity contribution in [3.63, 3.8) is 0 Å². The van der Waals surface area contributed by atoms with Gasteiger partial charge in [-0.05, 0) is 24.3 Å². The monoisotopic (exact) mass is 382 g/mol. The molecule has 0 unspecified atom stereocenters. The fourth-order valence-electron chi connectivity index (χ4n) is 3.51. The Hall–Kier alpha value is -3.06. The number of benzene rings is 2. The predicted octanol–water partition coefficient (Wildman–Crippen LogP) is 1.96. The molecule has 1 atom stereocenters. The van der Waals surface area contributed by atoms with Gasteiger partial charge < -0.3 is 24.0 Å². The molecular formula is C21H22N2O5. The van der Waals surface area contributed by atoms with Crippen LogP contribution in [0.5, 0.6) is 11.5 Å². The topological polar surface area (TPSA) is 68.3 Å². The molecule has 0 bridgehead atoms. The van der Waals surface area contributed by atoms with Gasteiger partial charge in [0, 0.05) is 13.1 Å². The second kappa shape index (κ2) is 7.90. The summed E-state index contributed by atoms with van der Waals surface area (Å²) in [6.45, 7) is 2.23. The van der Waals surface area contributed by atoms with Crippen LogP contribution in [0.25, 0.3) is 0 Å². The lowest BCUT2D eigenvalue weighted by Gasteiger charge is -2.37. The Morgan fingerprint density at radius 1 is 1.04 bits per heavy atom. The number of carbonyl (C=O) groups excluding carboxylic acids is 2. The number of rotatable bonds is 3. The molecule has 7 nitrogen and oxygen atoms in total. The largest absolute Gasteiger partial charge is 0.496 e. The van der Waals surface area contributed by atoms with Crippen LogP contribution in [0.3, 0.4) is 0 Å². The van der Waals surface area contributed by atoms with Crippen molar-refractivity contribution in [3.8, 4) is 11.5 Å². The maximum Gasteiger partial charge on any atom is 0.265 e. The average Bonchev–Trinajstić information content (AvgIpc) is 2.77. The fraction of sp³-hybridized carbons (Fsp3) is 0.333. The van der Waals surface area contributed by atoms with E-state index in [1.165, 1.54) is 7.11 Å². The molecule has 28 heavy (non-hydrogen) atoms. The number of amides is 2. The van der Waals surface area contributed by atoms with Gasteiger partial charge in [0.1, 0.15) is 11.5 Å². The van der Waals surface area contributed by atoms with Crippen LogP contribution in [0.4, 0.5) is 5.69 Å². The third-order valence-corrected chi connectivity index (χ3v) is 4.95. The summed E-state index contributed by atoms with van der Waals surface area (Å²) < 4.78 is 16.6. The number of fused-ring (bicyclic) bond motifs is 1. The van der Waals surface area contributed by atoms with Crippen LogP contribution in [0, 0.1) is 0 Å². The highest BCUT2D eigenvalue weighted by atomic mass is 16.5. The molecule has 0 spiro atoms. The molecule has 4 rings (SSSR count). The van der Waals surface area contributed by atoms with Gasteiger partial charge in [-0.2, -0.15) is 0 Å². The van der Waals surface area contributed by atoms with Crippen LogP contribution in [0.15, 0.2) is 48.5 Å². The van der Waals surface area contributed by atoms with Crippen LogP contribution in [0.2, 0.25) is 0 Å². The third-order valence-electron chi connectivity index (χ3n) is 4.95. The summed E-state index contributed by atoms with van der Waals surface area (Å²) in [5.74, 6) is 0.653. The zero-order chi connectivity index (χ0) is 19.5. The van der Waals surface area contributed by atoms with E-state index in [9.17, 15) is 9.59 Å². The summed E-state index contributed by atoms with van der Waals surface area (Å²) >= 11 is 0. The van der Waals surface area contributed by atoms with Gasteiger partial charge in [-0.3, -0.25) is 9.59 Å². The lowest BCUT2D eigenvalue weighted by molar-refractivity contribution is -0.142. The second-order valence-electron chi connectivity index (χ2n) is 6.63. The van der Waals surface area contributed by atoms with E-state index in [1.807, 2.05) is 24.3 Å². The van der Waals surface area contributed by atoms with Gasteiger partial charge in [0.15, 0.2) is 6.10 Å². The molecule has 2 aliphatic rings. The van der Waals surface area contributed by atoms with Gasteiger partial charge in [0.05, 0.1) is 38.1 Å². The van der Waals surface area contributed by atoms with E-state index < -0.39 is 6.10 Å². The van der Waals surface area contributed by atoms with Gasteiger partial charge in [0.2, 0.25) is 0 Å². The van der Waals surface area contributed by atoms with Crippen molar-refractivity contribution in [2.24, 2.45) is 0 Å². The van der Waals surface area contributed by atoms with Crippen LogP contribution >= 0.6 is 0 Å². The van der Waals surface area contributed by atoms with Crippen molar-refractivity contribution in [2.75, 3.05) is 44.9 Å². The first-order valence-corrected chi connectivity index (χ1v) is 9.26. The normalized spacial score (nSPS) is 18.8. The third kappa shape index (κ3) is 3.41. The van der Waals surface area contributed by atoms with E-state index in [2.05, 4.69) is 0 Å². The minimum absolute atomic E-state index is 0.129. The Morgan fingerprint density at radius 3 is 2.54 bits per heavy atom. The fourth-order valence-corrected chi connectivity index (χ4v) is 3.51. The number of anilines is 1. The molecule has 0 aromatic heterocycles. The summed E-state index contributed by atoms with van der Waals surface area (Å²) in [7, 11) is 1.53. The maximum atomic E-state index is 13.3. The van der Waals surface area contributed by atoms with Gasteiger partial charge in [0.25, 0.3) is 11.8 Å². The van der Waals surface area contributed by atoms with Crippen molar-refractivity contribution in [1.82, 2.24) is 4.90 Å². The molecule has 2 aliphatic heterocycles. The van der Waals surface area contributed by atoms with Crippen LogP contribution in [-0.2, 0) is 9.53 Å². The first kappa shape index (κ1) is 18.3. The Labute approximate surface area is 163 Å². The number of nitrogens with zero attached hydrogens (tertiary/aromatic N) is 2. The minimum atomic E-state index is -0.758. The van der Waals surface area contributed by atoms with E-state index in [-0.39, 0.29) is 18.4 Å². The Morgan fingerprint density at radius 2 is 1.75 bits per heavy atom. The van der Waals surface area contributed by atoms with Crippen molar-refractivity contribution >= 4 is 17.5 Å². The second-order valence-corrected chi connectivity index (χ2v) is 6.63. The molecule has 1 fully saturated rings. The summed E-state index contributed by atoms with van der Waals surface area (Å²) in [6, 6.07) is 14.3. The van der Waals surface area contributed by atoms with E-state index in [0.717, 1.165) is 0 Å². The Balaban J connectivity index is 1.65. The average molecular weight is 382 g/mol. The smallest absolute Gasteiger partial charge is 0.265 e. The van der Waals surface area contributed by atoms with E-state index in [1.54, 1.807) is 34.1 Å². The van der Waals surface area contributed by atoms with E-state index >= 15 is 0 Å². The molecule has 1 saturated heterocycles. The predicted molar refractivity (Wildman–Crippen MR) is 103 cm³/mol. The number of methoxy groups -OCH3 is 1. The summed E-state index contributed by atoms with van der Waals surface area (Å²) in [5, 5.41) is 0. The number of carbonyl (C=O) groups is 2. The minimum Gasteiger partial charge on any atom is -0.496 e. The maximum absolute atomic E-state index is 13.3. The summed E-state index contributed by atoms with van der Waals surface area (Å²) in [5.41, 5.74) is 1.09. The molecule has 2 heterocycles. The van der Waals surface area contributed by atoms with Crippen molar-refractivity contribution < 1.29 is 23.8 Å². The lowest BCUT2D eigenvalue weighted by atomic mass is 10.1. The van der Waals surface area contributed by atoms with Crippen LogP contribution in [-0.4, -0.2) is 62.8 Å². The number of hydrogen-bond donors (Lipinski definition) is 0. The highest BCUT2D eigenvalue weighted by Crippen LogP contribution is 2.35. The number of para-hydroxylation sites is 3. The summed E-state index contributed by atoms with van der Waals surface area (Å²) in [4.78, 5) is 29.6. The van der Waals surface area contributed by atoms with E-state index in [4.69, 9.17) is 14.2 Å². The van der Waals surface area contributed by atoms with Crippen molar-refractivity contribution in [3.05, 3.63) is 54.1 Å². The molecule has 0 N–H and O–H groups in total. The molecule has 7 heteroatoms. The van der Waals surface area contributed by atoms with Crippen LogP contribution in [0.1, 0.15) is 10.4 Å². The molecule has 0 saturated carbocycles. The molecule has 0 radical (unpaired) electrons. The quantitative estimate of drug-likeness (QED) is 0.812. The molecule has 146 valence electrons. The van der Waals surface area contributed by atoms with Crippen LogP contribution < -0.4 is 14.4 Å². The SMILES string of the molecule is COc1ccccc1C(=O)N1C[C@@H](C(=O)N2CCOCC2)Oc2ccccc21. The molecular weight excluding hydrogens is 360 g/mol. The van der Waals surface area contributed by atoms with Gasteiger partial charge in [-0.25, -0.2) is 0 Å². The summed E-state index contributed by atoms with van der Waals surface area (Å²) in [6.07, 6.45) is -0.758. The van der Waals surface area contributed by atoms with Gasteiger partial charge in [-0.1, -0.05) is 24.3 Å². The van der Waals surface area contributed by atoms with Crippen molar-refractivity contribution in [1.29, 1.82) is 0 Å². The molecule has 2 aromatic rings. The molecule has 0 aliphatic carbocycles. The highest BCUT2D eigenvalue weighted by molar-refractivity contribution is 6.09. The standard InChI is InChI=1S/C21H22N2O5/c1-26-17-8-4-2-6-15(17)20(24)23-14-19(21(25)22-10-12-27-13-11-22)28-18-9-5-3-7-16(18)23/h2-9,19H,10-14H2,1H3/t19-/m0/s1.